The van der Waals surface area contributed by atoms with Crippen LogP contribution in [0.3, 0.4) is 0 Å². The Kier molecular flexibility index (Phi) is 2.56. The van der Waals surface area contributed by atoms with Gasteiger partial charge in [-0.05, 0) is 12.1 Å². The Morgan fingerprint density at radius 1 is 1.29 bits per heavy atom. The van der Waals surface area contributed by atoms with Crippen molar-refractivity contribution in [3.05, 3.63) is 48.7 Å². The van der Waals surface area contributed by atoms with Gasteiger partial charge in [0.15, 0.2) is 6.39 Å². The molecule has 0 unspecified atom stereocenters. The predicted octanol–water partition coefficient (Wildman–Crippen LogP) is 2.12. The first-order valence-corrected chi connectivity index (χ1v) is 4.17. The van der Waals surface area contributed by atoms with E-state index in [-0.39, 0.29) is 0 Å². The molecule has 4 nitrogen and oxygen atoms in total. The van der Waals surface area contributed by atoms with E-state index >= 15 is 0 Å². The van der Waals surface area contributed by atoms with Crippen molar-refractivity contribution in [2.75, 3.05) is 5.43 Å². The minimum absolute atomic E-state index is 0.688. The minimum atomic E-state index is 0.688. The Labute approximate surface area is 81.3 Å². The molecule has 0 atom stereocenters. The fourth-order valence-corrected chi connectivity index (χ4v) is 0.971. The average molecular weight is 187 g/mol. The van der Waals surface area contributed by atoms with Gasteiger partial charge in [0.2, 0.25) is 0 Å². The molecule has 0 aliphatic heterocycles. The zero-order valence-corrected chi connectivity index (χ0v) is 7.42. The minimum Gasteiger partial charge on any atom is -0.451 e. The van der Waals surface area contributed by atoms with Crippen LogP contribution in [0.15, 0.2) is 52.5 Å². The van der Waals surface area contributed by atoms with Gasteiger partial charge in [-0.1, -0.05) is 18.2 Å². The molecule has 1 aromatic carbocycles. The lowest BCUT2D eigenvalue weighted by Gasteiger charge is -1.96. The van der Waals surface area contributed by atoms with Crippen LogP contribution in [-0.2, 0) is 0 Å². The smallest absolute Gasteiger partial charge is 0.181 e. The molecule has 0 saturated heterocycles. The van der Waals surface area contributed by atoms with Gasteiger partial charge in [-0.15, -0.1) is 0 Å². The van der Waals surface area contributed by atoms with Crippen molar-refractivity contribution in [3.63, 3.8) is 0 Å². The third kappa shape index (κ3) is 2.20. The van der Waals surface area contributed by atoms with Crippen molar-refractivity contribution in [2.45, 2.75) is 0 Å². The van der Waals surface area contributed by atoms with Crippen LogP contribution >= 0.6 is 0 Å². The van der Waals surface area contributed by atoms with Crippen molar-refractivity contribution in [2.24, 2.45) is 5.10 Å². The molecule has 1 aromatic heterocycles. The molecule has 1 N–H and O–H groups in total. The third-order valence-corrected chi connectivity index (χ3v) is 1.62. The molecule has 0 radical (unpaired) electrons. The van der Waals surface area contributed by atoms with Gasteiger partial charge >= 0.3 is 0 Å². The summed E-state index contributed by atoms with van der Waals surface area (Å²) in [6, 6.07) is 9.69. The first-order chi connectivity index (χ1) is 6.95. The van der Waals surface area contributed by atoms with Crippen molar-refractivity contribution >= 4 is 11.9 Å². The number of oxazole rings is 1. The normalized spacial score (nSPS) is 10.6. The summed E-state index contributed by atoms with van der Waals surface area (Å²) in [6.45, 7) is 0. The number of benzene rings is 1. The van der Waals surface area contributed by atoms with Crippen molar-refractivity contribution in [3.8, 4) is 0 Å². The van der Waals surface area contributed by atoms with Crippen LogP contribution in [0.2, 0.25) is 0 Å². The van der Waals surface area contributed by atoms with Crippen molar-refractivity contribution < 1.29 is 4.42 Å². The van der Waals surface area contributed by atoms with Gasteiger partial charge < -0.3 is 4.42 Å². The summed E-state index contributed by atoms with van der Waals surface area (Å²) >= 11 is 0. The van der Waals surface area contributed by atoms with Gasteiger partial charge in [0, 0.05) is 0 Å². The quantitative estimate of drug-likeness (QED) is 0.591. The summed E-state index contributed by atoms with van der Waals surface area (Å²) in [7, 11) is 0. The highest BCUT2D eigenvalue weighted by atomic mass is 16.3. The zero-order chi connectivity index (χ0) is 9.64. The van der Waals surface area contributed by atoms with Crippen LogP contribution in [-0.4, -0.2) is 11.2 Å². The third-order valence-electron chi connectivity index (χ3n) is 1.62. The molecule has 0 fully saturated rings. The number of nitrogens with zero attached hydrogens (tertiary/aromatic N) is 2. The molecule has 2 rings (SSSR count). The average Bonchev–Trinajstić information content (AvgIpc) is 2.72. The Balaban J connectivity index is 1.95. The first-order valence-electron chi connectivity index (χ1n) is 4.17. The van der Waals surface area contributed by atoms with Crippen LogP contribution in [0.4, 0.5) is 5.69 Å². The molecule has 0 amide bonds. The fraction of sp³-hybridized carbons (Fsp3) is 0. The second-order valence-electron chi connectivity index (χ2n) is 2.65. The van der Waals surface area contributed by atoms with E-state index in [0.717, 1.165) is 5.69 Å². The molecule has 1 heterocycles. The maximum atomic E-state index is 4.79. The van der Waals surface area contributed by atoms with Gasteiger partial charge in [-0.3, -0.25) is 5.43 Å². The number of aromatic nitrogens is 1. The van der Waals surface area contributed by atoms with E-state index in [9.17, 15) is 0 Å². The van der Waals surface area contributed by atoms with E-state index in [1.54, 1.807) is 6.21 Å². The number of hydrogen-bond acceptors (Lipinski definition) is 4. The standard InChI is InChI=1S/C10H9N3O/c1-2-4-9(5-3-1)13-12-6-10-7-14-8-11-10/h1-8,13H/b12-6+. The number of rotatable bonds is 3. The lowest BCUT2D eigenvalue weighted by Crippen LogP contribution is -1.89. The van der Waals surface area contributed by atoms with Crippen LogP contribution < -0.4 is 5.43 Å². The van der Waals surface area contributed by atoms with Gasteiger partial charge in [0.1, 0.15) is 12.0 Å². The lowest BCUT2D eigenvalue weighted by molar-refractivity contribution is 0.557. The largest absolute Gasteiger partial charge is 0.451 e. The first kappa shape index (κ1) is 8.50. The summed E-state index contributed by atoms with van der Waals surface area (Å²) in [5, 5.41) is 3.99. The maximum Gasteiger partial charge on any atom is 0.181 e. The van der Waals surface area contributed by atoms with Gasteiger partial charge in [0.25, 0.3) is 0 Å². The van der Waals surface area contributed by atoms with Crippen LogP contribution in [0.25, 0.3) is 0 Å². The van der Waals surface area contributed by atoms with E-state index in [4.69, 9.17) is 4.42 Å². The highest BCUT2D eigenvalue weighted by molar-refractivity contribution is 5.76. The summed E-state index contributed by atoms with van der Waals surface area (Å²) < 4.78 is 4.79. The molecule has 0 spiro atoms. The lowest BCUT2D eigenvalue weighted by atomic mass is 10.3. The van der Waals surface area contributed by atoms with E-state index in [2.05, 4.69) is 15.5 Å². The topological polar surface area (TPSA) is 50.4 Å². The molecule has 0 saturated carbocycles. The number of para-hydroxylation sites is 1. The van der Waals surface area contributed by atoms with E-state index in [0.29, 0.717) is 5.69 Å². The zero-order valence-electron chi connectivity index (χ0n) is 7.42. The van der Waals surface area contributed by atoms with E-state index in [1.807, 2.05) is 30.3 Å². The van der Waals surface area contributed by atoms with E-state index in [1.165, 1.54) is 12.7 Å². The Hall–Kier alpha value is -2.10. The molecule has 0 bridgehead atoms. The molecular weight excluding hydrogens is 178 g/mol. The molecule has 70 valence electrons. The highest BCUT2D eigenvalue weighted by Crippen LogP contribution is 2.04. The van der Waals surface area contributed by atoms with Crippen LogP contribution in [0.1, 0.15) is 5.69 Å². The number of hydrogen-bond donors (Lipinski definition) is 1. The summed E-state index contributed by atoms with van der Waals surface area (Å²) in [5.74, 6) is 0. The predicted molar refractivity (Wildman–Crippen MR) is 54.2 cm³/mol. The molecule has 2 aromatic rings. The number of hydrazone groups is 1. The van der Waals surface area contributed by atoms with Crippen molar-refractivity contribution in [1.82, 2.24) is 4.98 Å². The monoisotopic (exact) mass is 187 g/mol. The highest BCUT2D eigenvalue weighted by Gasteiger charge is 1.88. The Morgan fingerprint density at radius 2 is 2.14 bits per heavy atom. The second-order valence-corrected chi connectivity index (χ2v) is 2.65. The second kappa shape index (κ2) is 4.23. The Morgan fingerprint density at radius 3 is 2.86 bits per heavy atom. The molecule has 14 heavy (non-hydrogen) atoms. The van der Waals surface area contributed by atoms with Gasteiger partial charge in [-0.25, -0.2) is 4.98 Å². The molecule has 0 aliphatic rings. The van der Waals surface area contributed by atoms with E-state index < -0.39 is 0 Å². The molecule has 0 aliphatic carbocycles. The fourth-order valence-electron chi connectivity index (χ4n) is 0.971. The summed E-state index contributed by atoms with van der Waals surface area (Å²) in [6.07, 6.45) is 4.48. The SMILES string of the molecule is C(=N\Nc1ccccc1)/c1cocn1. The maximum absolute atomic E-state index is 4.79. The summed E-state index contributed by atoms with van der Waals surface area (Å²) in [5.41, 5.74) is 4.50. The number of nitrogens with one attached hydrogen (secondary N) is 1. The Bertz CT molecular complexity index is 395. The summed E-state index contributed by atoms with van der Waals surface area (Å²) in [4.78, 5) is 3.89. The van der Waals surface area contributed by atoms with Gasteiger partial charge in [0.05, 0.1) is 11.9 Å². The van der Waals surface area contributed by atoms with Gasteiger partial charge in [-0.2, -0.15) is 5.10 Å². The van der Waals surface area contributed by atoms with Crippen molar-refractivity contribution in [1.29, 1.82) is 0 Å². The van der Waals surface area contributed by atoms with Crippen LogP contribution in [0.5, 0.6) is 0 Å². The molecular formula is C10H9N3O. The number of anilines is 1. The molecule has 4 heteroatoms. The van der Waals surface area contributed by atoms with Crippen LogP contribution in [0, 0.1) is 0 Å².